The van der Waals surface area contributed by atoms with Gasteiger partial charge >= 0.3 is 17.9 Å². The summed E-state index contributed by atoms with van der Waals surface area (Å²) in [5.41, 5.74) is 0.723. The SMILES string of the molecule is CC(=O)OCC1(C)C(OC(C)=O)CCC2(C)C(C=CC3=CCOC3=O)C3C(=Nc4cncn43)CC12. The lowest BCUT2D eigenvalue weighted by Gasteiger charge is -2.60. The van der Waals surface area contributed by atoms with Gasteiger partial charge in [-0.25, -0.2) is 14.8 Å². The highest BCUT2D eigenvalue weighted by molar-refractivity contribution is 5.95. The van der Waals surface area contributed by atoms with Crippen LogP contribution >= 0.6 is 0 Å². The number of ether oxygens (including phenoxy) is 3. The van der Waals surface area contributed by atoms with Gasteiger partial charge in [-0.15, -0.1) is 0 Å². The van der Waals surface area contributed by atoms with E-state index in [4.69, 9.17) is 19.2 Å². The van der Waals surface area contributed by atoms with Gasteiger partial charge in [-0.05, 0) is 36.7 Å². The summed E-state index contributed by atoms with van der Waals surface area (Å²) in [6.45, 7) is 7.56. The molecule has 0 aromatic carbocycles. The first-order valence-corrected chi connectivity index (χ1v) is 12.1. The van der Waals surface area contributed by atoms with Gasteiger partial charge in [0.15, 0.2) is 5.82 Å². The summed E-state index contributed by atoms with van der Waals surface area (Å²) in [5, 5.41) is 0. The maximum absolute atomic E-state index is 12.1. The lowest BCUT2D eigenvalue weighted by molar-refractivity contribution is -0.189. The molecular formula is C26H31N3O6. The molecule has 2 fully saturated rings. The molecule has 2 aliphatic heterocycles. The lowest BCUT2D eigenvalue weighted by atomic mass is 9.46. The molecule has 0 radical (unpaired) electrons. The summed E-state index contributed by atoms with van der Waals surface area (Å²) >= 11 is 0. The van der Waals surface area contributed by atoms with E-state index in [1.165, 1.54) is 13.8 Å². The Morgan fingerprint density at radius 2 is 2.09 bits per heavy atom. The number of nitrogens with zero attached hydrogens (tertiary/aromatic N) is 3. The van der Waals surface area contributed by atoms with Crippen LogP contribution in [0.3, 0.4) is 0 Å². The highest BCUT2D eigenvalue weighted by Crippen LogP contribution is 2.63. The molecule has 6 unspecified atom stereocenters. The molecule has 2 saturated carbocycles. The first kappa shape index (κ1) is 23.5. The van der Waals surface area contributed by atoms with Crippen LogP contribution in [0.4, 0.5) is 5.82 Å². The maximum atomic E-state index is 12.1. The third kappa shape index (κ3) is 3.81. The van der Waals surface area contributed by atoms with E-state index >= 15 is 0 Å². The van der Waals surface area contributed by atoms with Crippen molar-refractivity contribution in [3.8, 4) is 0 Å². The number of carbonyl (C=O) groups is 3. The van der Waals surface area contributed by atoms with Crippen LogP contribution in [0.15, 0.2) is 41.3 Å². The molecule has 186 valence electrons. The van der Waals surface area contributed by atoms with Gasteiger partial charge in [-0.1, -0.05) is 26.0 Å². The molecule has 0 amide bonds. The molecule has 35 heavy (non-hydrogen) atoms. The van der Waals surface area contributed by atoms with Crippen molar-refractivity contribution in [1.29, 1.82) is 0 Å². The van der Waals surface area contributed by atoms with Crippen LogP contribution in [0.5, 0.6) is 0 Å². The highest BCUT2D eigenvalue weighted by Gasteiger charge is 2.62. The zero-order valence-electron chi connectivity index (χ0n) is 20.5. The maximum Gasteiger partial charge on any atom is 0.338 e. The molecule has 1 aromatic rings. The Labute approximate surface area is 204 Å². The highest BCUT2D eigenvalue weighted by atomic mass is 16.6. The quantitative estimate of drug-likeness (QED) is 0.468. The van der Waals surface area contributed by atoms with Crippen molar-refractivity contribution in [3.63, 3.8) is 0 Å². The summed E-state index contributed by atoms with van der Waals surface area (Å²) in [5.74, 6) is -0.218. The van der Waals surface area contributed by atoms with Crippen molar-refractivity contribution >= 4 is 29.4 Å². The first-order valence-electron chi connectivity index (χ1n) is 12.1. The van der Waals surface area contributed by atoms with Crippen molar-refractivity contribution in [2.24, 2.45) is 27.7 Å². The average Bonchev–Trinajstić information content (AvgIpc) is 3.49. The number of carbonyl (C=O) groups excluding carboxylic acids is 3. The predicted molar refractivity (Wildman–Crippen MR) is 126 cm³/mol. The summed E-state index contributed by atoms with van der Waals surface area (Å²) in [7, 11) is 0. The Kier molecular flexibility index (Phi) is 5.68. The molecule has 5 rings (SSSR count). The first-order chi connectivity index (χ1) is 16.6. The zero-order valence-corrected chi connectivity index (χ0v) is 20.5. The number of aliphatic imine (C=N–C) groups is 1. The van der Waals surface area contributed by atoms with Gasteiger partial charge in [0.25, 0.3) is 0 Å². The second kappa shape index (κ2) is 8.46. The van der Waals surface area contributed by atoms with Crippen LogP contribution in [-0.4, -0.2) is 52.5 Å². The number of allylic oxidation sites excluding steroid dienone is 1. The van der Waals surface area contributed by atoms with Crippen LogP contribution in [0.1, 0.15) is 53.0 Å². The molecule has 9 nitrogen and oxygen atoms in total. The fourth-order valence-corrected chi connectivity index (χ4v) is 6.76. The minimum absolute atomic E-state index is 0.0131. The Balaban J connectivity index is 1.59. The van der Waals surface area contributed by atoms with E-state index in [1.807, 2.05) is 12.4 Å². The molecule has 2 aliphatic carbocycles. The number of aromatic nitrogens is 2. The molecule has 0 bridgehead atoms. The van der Waals surface area contributed by atoms with E-state index in [-0.39, 0.29) is 60.5 Å². The van der Waals surface area contributed by atoms with Gasteiger partial charge in [-0.2, -0.15) is 0 Å². The summed E-state index contributed by atoms with van der Waals surface area (Å²) in [4.78, 5) is 45.1. The summed E-state index contributed by atoms with van der Waals surface area (Å²) in [6, 6.07) is -0.0220. The fraction of sp³-hybridized carbons (Fsp3) is 0.577. The third-order valence-corrected chi connectivity index (χ3v) is 8.46. The van der Waals surface area contributed by atoms with Gasteiger partial charge in [0, 0.05) is 30.9 Å². The second-order valence-electron chi connectivity index (χ2n) is 10.5. The van der Waals surface area contributed by atoms with Gasteiger partial charge in [-0.3, -0.25) is 9.59 Å². The molecule has 9 heteroatoms. The normalized spacial score (nSPS) is 35.5. The van der Waals surface area contributed by atoms with Crippen molar-refractivity contribution in [2.45, 2.75) is 59.1 Å². The van der Waals surface area contributed by atoms with Crippen molar-refractivity contribution in [1.82, 2.24) is 9.55 Å². The smallest absolute Gasteiger partial charge is 0.338 e. The third-order valence-electron chi connectivity index (χ3n) is 8.46. The Hall–Kier alpha value is -3.23. The van der Waals surface area contributed by atoms with E-state index in [0.717, 1.165) is 18.0 Å². The van der Waals surface area contributed by atoms with Crippen LogP contribution in [0.2, 0.25) is 0 Å². The molecule has 4 aliphatic rings. The number of hydrogen-bond acceptors (Lipinski definition) is 8. The summed E-state index contributed by atoms with van der Waals surface area (Å²) in [6.07, 6.45) is 11.1. The van der Waals surface area contributed by atoms with Crippen molar-refractivity contribution in [3.05, 3.63) is 36.3 Å². The Bertz CT molecular complexity index is 1170. The number of rotatable bonds is 5. The Morgan fingerprint density at radius 3 is 2.77 bits per heavy atom. The van der Waals surface area contributed by atoms with Crippen LogP contribution in [-0.2, 0) is 28.6 Å². The van der Waals surface area contributed by atoms with Gasteiger partial charge in [0.05, 0.1) is 24.1 Å². The van der Waals surface area contributed by atoms with Gasteiger partial charge in [0.2, 0.25) is 0 Å². The van der Waals surface area contributed by atoms with E-state index in [0.29, 0.717) is 18.4 Å². The van der Waals surface area contributed by atoms with Crippen LogP contribution < -0.4 is 0 Å². The molecule has 0 spiro atoms. The number of hydrogen-bond donors (Lipinski definition) is 0. The van der Waals surface area contributed by atoms with E-state index < -0.39 is 5.41 Å². The molecule has 0 saturated heterocycles. The molecular weight excluding hydrogens is 450 g/mol. The second-order valence-corrected chi connectivity index (χ2v) is 10.5. The number of fused-ring (bicyclic) bond motifs is 4. The molecule has 3 heterocycles. The van der Waals surface area contributed by atoms with Gasteiger partial charge in [0.1, 0.15) is 19.3 Å². The van der Waals surface area contributed by atoms with E-state index in [2.05, 4.69) is 29.5 Å². The van der Waals surface area contributed by atoms with Crippen LogP contribution in [0, 0.1) is 22.7 Å². The lowest BCUT2D eigenvalue weighted by Crippen LogP contribution is -2.61. The number of esters is 3. The minimum Gasteiger partial charge on any atom is -0.465 e. The van der Waals surface area contributed by atoms with E-state index in [1.54, 1.807) is 12.3 Å². The number of imidazole rings is 1. The molecule has 6 atom stereocenters. The summed E-state index contributed by atoms with van der Waals surface area (Å²) < 4.78 is 18.6. The monoisotopic (exact) mass is 481 g/mol. The molecule has 0 N–H and O–H groups in total. The number of cyclic esters (lactones) is 1. The Morgan fingerprint density at radius 1 is 1.29 bits per heavy atom. The van der Waals surface area contributed by atoms with Crippen molar-refractivity contribution < 1.29 is 28.6 Å². The molecule has 1 aromatic heterocycles. The van der Waals surface area contributed by atoms with Crippen molar-refractivity contribution in [2.75, 3.05) is 13.2 Å². The zero-order chi connectivity index (χ0) is 25.0. The topological polar surface area (TPSA) is 109 Å². The van der Waals surface area contributed by atoms with E-state index in [9.17, 15) is 14.4 Å². The standard InChI is InChI=1S/C26H31N3O6/c1-15(30)34-13-26(4)20-11-19-23(29-14-27-12-22(29)28-19)18(6-5-17-8-10-33-24(17)32)25(20,3)9-7-21(26)35-16(2)31/h5-6,8,12,14,18,20-21,23H,7,9-11,13H2,1-4H3. The van der Waals surface area contributed by atoms with Crippen LogP contribution in [0.25, 0.3) is 0 Å². The minimum atomic E-state index is -0.606. The average molecular weight is 482 g/mol. The van der Waals surface area contributed by atoms with Gasteiger partial charge < -0.3 is 18.8 Å². The fourth-order valence-electron chi connectivity index (χ4n) is 6.76. The predicted octanol–water partition coefficient (Wildman–Crippen LogP) is 3.49. The largest absolute Gasteiger partial charge is 0.465 e.